The minimum absolute atomic E-state index is 0.161. The van der Waals surface area contributed by atoms with Gasteiger partial charge in [-0.15, -0.1) is 0 Å². The van der Waals surface area contributed by atoms with Crippen LogP contribution in [0.15, 0.2) is 0 Å². The van der Waals surface area contributed by atoms with Crippen molar-refractivity contribution < 1.29 is 32.8 Å². The lowest BCUT2D eigenvalue weighted by atomic mass is 9.69. The van der Waals surface area contributed by atoms with Gasteiger partial charge in [0.15, 0.2) is 0 Å². The zero-order chi connectivity index (χ0) is 23.4. The van der Waals surface area contributed by atoms with E-state index >= 15 is 0 Å². The van der Waals surface area contributed by atoms with E-state index in [1.54, 1.807) is 13.8 Å². The van der Waals surface area contributed by atoms with Gasteiger partial charge in [0.05, 0.1) is 5.92 Å². The van der Waals surface area contributed by atoms with Crippen molar-refractivity contribution in [2.45, 2.75) is 109 Å². The van der Waals surface area contributed by atoms with E-state index in [0.29, 0.717) is 25.7 Å². The van der Waals surface area contributed by atoms with Crippen LogP contribution in [-0.2, 0) is 19.7 Å². The van der Waals surface area contributed by atoms with E-state index in [-0.39, 0.29) is 12.8 Å². The van der Waals surface area contributed by atoms with Crippen molar-refractivity contribution in [2.75, 3.05) is 0 Å². The molecule has 0 spiro atoms. The Bertz CT molecular complexity index is 617. The molecule has 0 aromatic carbocycles. The van der Waals surface area contributed by atoms with Gasteiger partial charge >= 0.3 is 11.9 Å². The SMILES string of the molecule is CCCCCCC(CC)C(C(=O)O)C(C(=O)O)(C(CC)CCCCCC)S(=O)(=O)O. The molecule has 0 heterocycles. The van der Waals surface area contributed by atoms with E-state index in [4.69, 9.17) is 0 Å². The maximum atomic E-state index is 12.6. The van der Waals surface area contributed by atoms with E-state index in [2.05, 4.69) is 6.92 Å². The molecular weight excluding hydrogens is 408 g/mol. The molecular formula is C22H42O7S. The first kappa shape index (κ1) is 28.9. The number of carboxylic acid groups (broad SMARTS) is 2. The Labute approximate surface area is 182 Å². The molecule has 0 saturated heterocycles. The van der Waals surface area contributed by atoms with Crippen LogP contribution < -0.4 is 0 Å². The molecule has 0 aliphatic carbocycles. The first-order valence-corrected chi connectivity index (χ1v) is 12.9. The fourth-order valence-electron chi connectivity index (χ4n) is 4.76. The molecule has 0 saturated carbocycles. The number of aliphatic carboxylic acids is 2. The first-order valence-electron chi connectivity index (χ1n) is 11.5. The molecule has 8 heteroatoms. The van der Waals surface area contributed by atoms with Crippen LogP contribution in [0, 0.1) is 17.8 Å². The molecule has 0 aromatic heterocycles. The van der Waals surface area contributed by atoms with Crippen LogP contribution in [0.3, 0.4) is 0 Å². The second-order valence-corrected chi connectivity index (χ2v) is 9.99. The van der Waals surface area contributed by atoms with Crippen LogP contribution in [0.2, 0.25) is 0 Å². The number of hydrogen-bond acceptors (Lipinski definition) is 4. The van der Waals surface area contributed by atoms with E-state index in [9.17, 15) is 32.8 Å². The van der Waals surface area contributed by atoms with Crippen LogP contribution in [0.4, 0.5) is 0 Å². The lowest BCUT2D eigenvalue weighted by Crippen LogP contribution is -2.61. The van der Waals surface area contributed by atoms with Gasteiger partial charge in [0.25, 0.3) is 10.1 Å². The molecule has 0 amide bonds. The third-order valence-corrected chi connectivity index (χ3v) is 8.03. The van der Waals surface area contributed by atoms with Gasteiger partial charge in [-0.05, 0) is 24.7 Å². The normalized spacial score (nSPS) is 17.1. The predicted octanol–water partition coefficient (Wildman–Crippen LogP) is 5.39. The van der Waals surface area contributed by atoms with Gasteiger partial charge < -0.3 is 10.2 Å². The largest absolute Gasteiger partial charge is 0.481 e. The van der Waals surface area contributed by atoms with Crippen molar-refractivity contribution in [1.82, 2.24) is 0 Å². The van der Waals surface area contributed by atoms with Crippen LogP contribution in [0.5, 0.6) is 0 Å². The molecule has 7 nitrogen and oxygen atoms in total. The molecule has 4 unspecified atom stereocenters. The highest BCUT2D eigenvalue weighted by atomic mass is 32.2. The molecule has 0 aliphatic rings. The van der Waals surface area contributed by atoms with Gasteiger partial charge in [-0.25, -0.2) is 0 Å². The Kier molecular flexibility index (Phi) is 13.5. The fourth-order valence-corrected chi connectivity index (χ4v) is 6.30. The molecule has 0 aliphatic heterocycles. The van der Waals surface area contributed by atoms with Crippen molar-refractivity contribution in [2.24, 2.45) is 17.8 Å². The molecule has 178 valence electrons. The van der Waals surface area contributed by atoms with Gasteiger partial charge in [-0.1, -0.05) is 91.9 Å². The maximum Gasteiger partial charge on any atom is 0.328 e. The molecule has 0 rings (SSSR count). The van der Waals surface area contributed by atoms with E-state index in [0.717, 1.165) is 38.5 Å². The molecule has 0 bridgehead atoms. The highest BCUT2D eigenvalue weighted by Gasteiger charge is 2.64. The fraction of sp³-hybridized carbons (Fsp3) is 0.909. The summed E-state index contributed by atoms with van der Waals surface area (Å²) in [5, 5.41) is 20.2. The Hall–Kier alpha value is -1.15. The summed E-state index contributed by atoms with van der Waals surface area (Å²) in [5.41, 5.74) is 0. The average Bonchev–Trinajstić information content (AvgIpc) is 2.66. The minimum atomic E-state index is -5.19. The Morgan fingerprint density at radius 1 is 0.800 bits per heavy atom. The van der Waals surface area contributed by atoms with Crippen molar-refractivity contribution in [3.63, 3.8) is 0 Å². The number of unbranched alkanes of at least 4 members (excludes halogenated alkanes) is 6. The predicted molar refractivity (Wildman–Crippen MR) is 118 cm³/mol. The summed E-state index contributed by atoms with van der Waals surface area (Å²) >= 11 is 0. The van der Waals surface area contributed by atoms with Crippen LogP contribution in [-0.4, -0.2) is 39.9 Å². The smallest absolute Gasteiger partial charge is 0.328 e. The van der Waals surface area contributed by atoms with E-state index < -0.39 is 44.6 Å². The lowest BCUT2D eigenvalue weighted by molar-refractivity contribution is -0.157. The van der Waals surface area contributed by atoms with Crippen molar-refractivity contribution in [1.29, 1.82) is 0 Å². The molecule has 0 aromatic rings. The second kappa shape index (κ2) is 14.0. The van der Waals surface area contributed by atoms with Gasteiger partial charge in [0, 0.05) is 0 Å². The van der Waals surface area contributed by atoms with E-state index in [1.807, 2.05) is 6.92 Å². The van der Waals surface area contributed by atoms with Gasteiger partial charge in [0.2, 0.25) is 4.75 Å². The van der Waals surface area contributed by atoms with Crippen LogP contribution >= 0.6 is 0 Å². The standard InChI is InChI=1S/C22H42O7S/c1-5-9-11-13-15-17(7-3)19(20(23)24)22(21(25)26,30(27,28)29)18(8-4)16-14-12-10-6-2/h17-19H,5-16H2,1-4H3,(H,23,24)(H,25,26)(H,27,28,29). The molecule has 0 radical (unpaired) electrons. The summed E-state index contributed by atoms with van der Waals surface area (Å²) in [7, 11) is -5.19. The number of hydrogen-bond donors (Lipinski definition) is 3. The quantitative estimate of drug-likeness (QED) is 0.188. The van der Waals surface area contributed by atoms with Crippen LogP contribution in [0.1, 0.15) is 105 Å². The third-order valence-electron chi connectivity index (χ3n) is 6.42. The number of rotatable bonds is 18. The summed E-state index contributed by atoms with van der Waals surface area (Å²) < 4.78 is 32.7. The summed E-state index contributed by atoms with van der Waals surface area (Å²) in [6.45, 7) is 7.49. The van der Waals surface area contributed by atoms with Crippen molar-refractivity contribution in [3.05, 3.63) is 0 Å². The summed E-state index contributed by atoms with van der Waals surface area (Å²) in [6, 6.07) is 0. The topological polar surface area (TPSA) is 129 Å². The minimum Gasteiger partial charge on any atom is -0.481 e. The van der Waals surface area contributed by atoms with Gasteiger partial charge in [-0.3, -0.25) is 14.1 Å². The average molecular weight is 451 g/mol. The molecule has 3 N–H and O–H groups in total. The highest BCUT2D eigenvalue weighted by molar-refractivity contribution is 7.88. The molecule has 0 fully saturated rings. The Morgan fingerprint density at radius 3 is 1.63 bits per heavy atom. The second-order valence-electron chi connectivity index (χ2n) is 8.36. The summed E-state index contributed by atoms with van der Waals surface area (Å²) in [4.78, 5) is 24.8. The number of carboxylic acids is 2. The van der Waals surface area contributed by atoms with Crippen LogP contribution in [0.25, 0.3) is 0 Å². The molecule has 30 heavy (non-hydrogen) atoms. The Balaban J connectivity index is 6.31. The monoisotopic (exact) mass is 450 g/mol. The number of carbonyl (C=O) groups is 2. The highest BCUT2D eigenvalue weighted by Crippen LogP contribution is 2.45. The zero-order valence-electron chi connectivity index (χ0n) is 19.1. The lowest BCUT2D eigenvalue weighted by Gasteiger charge is -2.41. The third kappa shape index (κ3) is 7.22. The van der Waals surface area contributed by atoms with Crippen molar-refractivity contribution >= 4 is 22.1 Å². The Morgan fingerprint density at radius 2 is 1.30 bits per heavy atom. The van der Waals surface area contributed by atoms with Gasteiger partial charge in [0.1, 0.15) is 0 Å². The van der Waals surface area contributed by atoms with Gasteiger partial charge in [-0.2, -0.15) is 8.42 Å². The maximum absolute atomic E-state index is 12.6. The summed E-state index contributed by atoms with van der Waals surface area (Å²) in [5.74, 6) is -6.56. The van der Waals surface area contributed by atoms with Crippen molar-refractivity contribution in [3.8, 4) is 0 Å². The van der Waals surface area contributed by atoms with E-state index in [1.165, 1.54) is 0 Å². The molecule has 4 atom stereocenters. The first-order chi connectivity index (χ1) is 14.1. The zero-order valence-corrected chi connectivity index (χ0v) is 19.9. The summed E-state index contributed by atoms with van der Waals surface area (Å²) in [6.07, 6.45) is 8.01.